The second-order valence-corrected chi connectivity index (χ2v) is 7.96. The Morgan fingerprint density at radius 2 is 1.80 bits per heavy atom. The summed E-state index contributed by atoms with van der Waals surface area (Å²) in [5.41, 5.74) is 0.196. The molecule has 0 saturated heterocycles. The molecule has 0 saturated carbocycles. The van der Waals surface area contributed by atoms with Crippen molar-refractivity contribution in [3.8, 4) is 0 Å². The van der Waals surface area contributed by atoms with Gasteiger partial charge in [0.05, 0.1) is 5.25 Å². The second kappa shape index (κ2) is 5.07. The van der Waals surface area contributed by atoms with E-state index in [1.807, 2.05) is 13.8 Å². The van der Waals surface area contributed by atoms with Crippen LogP contribution in [-0.2, 0) is 9.84 Å². The highest BCUT2D eigenvalue weighted by Gasteiger charge is 2.43. The molecule has 112 valence electrons. The summed E-state index contributed by atoms with van der Waals surface area (Å²) >= 11 is 0. The predicted octanol–water partition coefficient (Wildman–Crippen LogP) is 2.82. The summed E-state index contributed by atoms with van der Waals surface area (Å²) in [6.07, 6.45) is 0. The van der Waals surface area contributed by atoms with Gasteiger partial charge in [-0.1, -0.05) is 20.8 Å². The summed E-state index contributed by atoms with van der Waals surface area (Å²) in [6, 6.07) is 1.45. The molecular weight excluding hydrogens is 284 g/mol. The average Bonchev–Trinajstić information content (AvgIpc) is 2.30. The molecule has 2 rings (SSSR count). The fourth-order valence-electron chi connectivity index (χ4n) is 2.73. The highest BCUT2D eigenvalue weighted by atomic mass is 32.2. The molecule has 0 bridgehead atoms. The Balaban J connectivity index is 2.72. The summed E-state index contributed by atoms with van der Waals surface area (Å²) in [4.78, 5) is -0.359. The Hall–Kier alpha value is -1.01. The first-order valence-corrected chi connectivity index (χ1v) is 8.19. The molecule has 0 fully saturated rings. The number of hydrogen-bond acceptors (Lipinski definition) is 3. The molecule has 0 aromatic heterocycles. The molecule has 3 atom stereocenters. The van der Waals surface area contributed by atoms with Gasteiger partial charge in [-0.2, -0.15) is 0 Å². The van der Waals surface area contributed by atoms with Crippen molar-refractivity contribution in [2.24, 2.45) is 5.92 Å². The van der Waals surface area contributed by atoms with E-state index in [1.165, 1.54) is 0 Å². The van der Waals surface area contributed by atoms with Gasteiger partial charge < -0.3 is 5.32 Å². The van der Waals surface area contributed by atoms with Gasteiger partial charge >= 0.3 is 0 Å². The van der Waals surface area contributed by atoms with Crippen molar-refractivity contribution in [3.05, 3.63) is 29.3 Å². The van der Waals surface area contributed by atoms with E-state index < -0.39 is 26.7 Å². The number of nitrogens with one attached hydrogen (secondary N) is 1. The molecule has 0 spiro atoms. The van der Waals surface area contributed by atoms with E-state index >= 15 is 0 Å². The fraction of sp³-hybridized carbons (Fsp3) is 0.571. The summed E-state index contributed by atoms with van der Waals surface area (Å²) in [5, 5.41) is 2.50. The quantitative estimate of drug-likeness (QED) is 0.855. The molecule has 1 aromatic rings. The summed E-state index contributed by atoms with van der Waals surface area (Å²) in [6.45, 7) is 7.18. The van der Waals surface area contributed by atoms with E-state index in [1.54, 1.807) is 13.8 Å². The third kappa shape index (κ3) is 2.35. The average molecular weight is 303 g/mol. The normalized spacial score (nSPS) is 28.4. The molecule has 0 amide bonds. The maximum absolute atomic E-state index is 14.0. The molecule has 1 aromatic carbocycles. The van der Waals surface area contributed by atoms with Crippen LogP contribution in [0.15, 0.2) is 17.0 Å². The number of halogens is 2. The predicted molar refractivity (Wildman–Crippen MR) is 73.2 cm³/mol. The maximum atomic E-state index is 14.0. The standard InChI is InChI=1S/C14H19F2NO2S/c1-7(2)17-13-8(3)9(4)20(18,19)14-11(13)5-10(15)6-12(14)16/h5-9,13,17H,1-4H3. The van der Waals surface area contributed by atoms with E-state index in [0.717, 1.165) is 6.07 Å². The van der Waals surface area contributed by atoms with Crippen molar-refractivity contribution in [2.75, 3.05) is 0 Å². The zero-order valence-electron chi connectivity index (χ0n) is 11.9. The minimum absolute atomic E-state index is 0.0784. The lowest BCUT2D eigenvalue weighted by molar-refractivity contribution is 0.331. The van der Waals surface area contributed by atoms with Gasteiger partial charge in [0.2, 0.25) is 0 Å². The van der Waals surface area contributed by atoms with E-state index in [-0.39, 0.29) is 28.5 Å². The van der Waals surface area contributed by atoms with Crippen molar-refractivity contribution in [1.82, 2.24) is 5.32 Å². The van der Waals surface area contributed by atoms with E-state index in [9.17, 15) is 17.2 Å². The summed E-state index contributed by atoms with van der Waals surface area (Å²) < 4.78 is 52.2. The number of benzene rings is 1. The van der Waals surface area contributed by atoms with Crippen LogP contribution in [0.4, 0.5) is 8.78 Å². The van der Waals surface area contributed by atoms with Gasteiger partial charge in [0.1, 0.15) is 16.5 Å². The van der Waals surface area contributed by atoms with Crippen molar-refractivity contribution < 1.29 is 17.2 Å². The largest absolute Gasteiger partial charge is 0.307 e. The number of fused-ring (bicyclic) bond motifs is 1. The maximum Gasteiger partial charge on any atom is 0.184 e. The summed E-state index contributed by atoms with van der Waals surface area (Å²) in [7, 11) is -3.77. The van der Waals surface area contributed by atoms with Crippen LogP contribution in [0, 0.1) is 17.6 Å². The van der Waals surface area contributed by atoms with Gasteiger partial charge in [-0.25, -0.2) is 17.2 Å². The Bertz CT molecular complexity index is 628. The molecule has 0 radical (unpaired) electrons. The van der Waals surface area contributed by atoms with Crippen LogP contribution < -0.4 is 5.32 Å². The molecule has 6 heteroatoms. The fourth-order valence-corrected chi connectivity index (χ4v) is 4.67. The van der Waals surface area contributed by atoms with Crippen LogP contribution in [0.3, 0.4) is 0 Å². The van der Waals surface area contributed by atoms with Crippen LogP contribution >= 0.6 is 0 Å². The first-order chi connectivity index (χ1) is 9.16. The zero-order chi connectivity index (χ0) is 15.2. The highest BCUT2D eigenvalue weighted by molar-refractivity contribution is 7.92. The van der Waals surface area contributed by atoms with Gasteiger partial charge in [-0.15, -0.1) is 0 Å². The van der Waals surface area contributed by atoms with Crippen molar-refractivity contribution in [1.29, 1.82) is 0 Å². The first-order valence-electron chi connectivity index (χ1n) is 6.65. The Kier molecular flexibility index (Phi) is 3.90. The van der Waals surface area contributed by atoms with E-state index in [2.05, 4.69) is 5.32 Å². The van der Waals surface area contributed by atoms with Crippen LogP contribution in [0.25, 0.3) is 0 Å². The molecular formula is C14H19F2NO2S. The lowest BCUT2D eigenvalue weighted by Gasteiger charge is -2.37. The molecule has 1 aliphatic heterocycles. The molecule has 3 nitrogen and oxygen atoms in total. The van der Waals surface area contributed by atoms with Gasteiger partial charge in [0.15, 0.2) is 9.84 Å². The Morgan fingerprint density at radius 3 is 2.35 bits per heavy atom. The minimum atomic E-state index is -3.77. The number of rotatable bonds is 2. The van der Waals surface area contributed by atoms with Gasteiger partial charge in [-0.05, 0) is 24.5 Å². The molecule has 1 heterocycles. The molecule has 0 aliphatic carbocycles. The first kappa shape index (κ1) is 15.4. The third-order valence-electron chi connectivity index (χ3n) is 3.93. The van der Waals surface area contributed by atoms with E-state index in [4.69, 9.17) is 0 Å². The number of sulfone groups is 1. The molecule has 1 N–H and O–H groups in total. The van der Waals surface area contributed by atoms with Crippen LogP contribution in [0.5, 0.6) is 0 Å². The lowest BCUT2D eigenvalue weighted by atomic mass is 9.90. The van der Waals surface area contributed by atoms with Gasteiger partial charge in [0, 0.05) is 18.2 Å². The molecule has 20 heavy (non-hydrogen) atoms. The van der Waals surface area contributed by atoms with E-state index in [0.29, 0.717) is 6.07 Å². The SMILES string of the molecule is CC(C)NC1c2cc(F)cc(F)c2S(=O)(=O)C(C)C1C. The van der Waals surface area contributed by atoms with Crippen molar-refractivity contribution >= 4 is 9.84 Å². The number of hydrogen-bond donors (Lipinski definition) is 1. The van der Waals surface area contributed by atoms with Crippen LogP contribution in [0.2, 0.25) is 0 Å². The van der Waals surface area contributed by atoms with Gasteiger partial charge in [0.25, 0.3) is 0 Å². The highest BCUT2D eigenvalue weighted by Crippen LogP contribution is 2.41. The molecule has 3 unspecified atom stereocenters. The third-order valence-corrected chi connectivity index (χ3v) is 6.33. The zero-order valence-corrected chi connectivity index (χ0v) is 12.8. The Labute approximate surface area is 118 Å². The summed E-state index contributed by atoms with van der Waals surface area (Å²) in [5.74, 6) is -2.03. The Morgan fingerprint density at radius 1 is 1.20 bits per heavy atom. The van der Waals surface area contributed by atoms with Crippen LogP contribution in [-0.4, -0.2) is 19.7 Å². The van der Waals surface area contributed by atoms with Crippen molar-refractivity contribution in [2.45, 2.75) is 49.9 Å². The van der Waals surface area contributed by atoms with Crippen LogP contribution in [0.1, 0.15) is 39.3 Å². The van der Waals surface area contributed by atoms with Gasteiger partial charge in [-0.3, -0.25) is 0 Å². The second-order valence-electron chi connectivity index (χ2n) is 5.71. The lowest BCUT2D eigenvalue weighted by Crippen LogP contribution is -2.44. The molecule has 1 aliphatic rings. The smallest absolute Gasteiger partial charge is 0.184 e. The van der Waals surface area contributed by atoms with Crippen molar-refractivity contribution in [3.63, 3.8) is 0 Å². The minimum Gasteiger partial charge on any atom is -0.307 e. The monoisotopic (exact) mass is 303 g/mol. The topological polar surface area (TPSA) is 46.2 Å².